The van der Waals surface area contributed by atoms with Gasteiger partial charge < -0.3 is 0 Å². The van der Waals surface area contributed by atoms with E-state index in [1.807, 2.05) is 0 Å². The molecule has 2 fully saturated rings. The van der Waals surface area contributed by atoms with Crippen LogP contribution in [0.5, 0.6) is 0 Å². The van der Waals surface area contributed by atoms with Crippen molar-refractivity contribution >= 4 is 5.78 Å². The lowest BCUT2D eigenvalue weighted by molar-refractivity contribution is -0.128. The smallest absolute Gasteiger partial charge is 0.133 e. The molecule has 0 N–H and O–H groups in total. The van der Waals surface area contributed by atoms with Crippen molar-refractivity contribution in [2.45, 2.75) is 66.7 Å². The molecule has 0 saturated heterocycles. The fraction of sp³-hybridized carbons (Fsp3) is 0.933. The third kappa shape index (κ3) is 1.33. The van der Waals surface area contributed by atoms with E-state index in [4.69, 9.17) is 0 Å². The molecule has 16 heavy (non-hydrogen) atoms. The zero-order valence-electron chi connectivity index (χ0n) is 11.5. The summed E-state index contributed by atoms with van der Waals surface area (Å²) in [4.78, 5) is 11.8. The monoisotopic (exact) mass is 222 g/mol. The van der Waals surface area contributed by atoms with Gasteiger partial charge in [0.15, 0.2) is 0 Å². The number of carbonyl (C=O) groups excluding carboxylic acids is 1. The zero-order valence-corrected chi connectivity index (χ0v) is 11.5. The molecule has 2 aliphatic rings. The van der Waals surface area contributed by atoms with E-state index < -0.39 is 0 Å². The highest BCUT2D eigenvalue weighted by atomic mass is 16.1. The molecule has 0 aliphatic heterocycles. The van der Waals surface area contributed by atoms with Crippen LogP contribution in [0.25, 0.3) is 0 Å². The molecule has 1 heteroatoms. The highest BCUT2D eigenvalue weighted by molar-refractivity contribution is 5.80. The van der Waals surface area contributed by atoms with Crippen LogP contribution in [-0.2, 0) is 4.79 Å². The SMILES string of the molecule is CC1CC2(CCCC(=O)C2)C(C)(C)C1(C)C. The molecule has 2 saturated carbocycles. The molecule has 2 aliphatic carbocycles. The molecule has 0 aromatic carbocycles. The van der Waals surface area contributed by atoms with Gasteiger partial charge in [0.1, 0.15) is 5.78 Å². The number of Topliss-reactive ketones (excluding diaryl/α,β-unsaturated/α-hetero) is 1. The molecular formula is C15H26O. The van der Waals surface area contributed by atoms with E-state index in [2.05, 4.69) is 34.6 Å². The molecule has 2 atom stereocenters. The second-order valence-electron chi connectivity index (χ2n) is 7.30. The molecule has 0 amide bonds. The zero-order chi connectivity index (χ0) is 12.2. The van der Waals surface area contributed by atoms with E-state index in [1.165, 1.54) is 12.8 Å². The van der Waals surface area contributed by atoms with Crippen LogP contribution in [0.2, 0.25) is 0 Å². The maximum absolute atomic E-state index is 11.8. The van der Waals surface area contributed by atoms with Crippen LogP contribution in [-0.4, -0.2) is 5.78 Å². The molecule has 1 nitrogen and oxygen atoms in total. The number of ketones is 1. The van der Waals surface area contributed by atoms with Crippen molar-refractivity contribution < 1.29 is 4.79 Å². The molecule has 2 unspecified atom stereocenters. The molecule has 2 rings (SSSR count). The lowest BCUT2D eigenvalue weighted by Gasteiger charge is -2.50. The summed E-state index contributed by atoms with van der Waals surface area (Å²) in [5, 5.41) is 0. The van der Waals surface area contributed by atoms with Crippen molar-refractivity contribution in [1.82, 2.24) is 0 Å². The summed E-state index contributed by atoms with van der Waals surface area (Å²) in [6, 6.07) is 0. The summed E-state index contributed by atoms with van der Waals surface area (Å²) < 4.78 is 0. The number of hydrogen-bond donors (Lipinski definition) is 0. The highest BCUT2D eigenvalue weighted by Crippen LogP contribution is 2.68. The van der Waals surface area contributed by atoms with Crippen LogP contribution in [0, 0.1) is 22.2 Å². The van der Waals surface area contributed by atoms with Crippen LogP contribution < -0.4 is 0 Å². The topological polar surface area (TPSA) is 17.1 Å². The fourth-order valence-electron chi connectivity index (χ4n) is 4.28. The largest absolute Gasteiger partial charge is 0.300 e. The van der Waals surface area contributed by atoms with Gasteiger partial charge in [0.25, 0.3) is 0 Å². The predicted octanol–water partition coefficient (Wildman–Crippen LogP) is 4.21. The van der Waals surface area contributed by atoms with Gasteiger partial charge in [-0.05, 0) is 41.4 Å². The van der Waals surface area contributed by atoms with Crippen molar-refractivity contribution in [2.75, 3.05) is 0 Å². The minimum absolute atomic E-state index is 0.287. The Morgan fingerprint density at radius 2 is 1.81 bits per heavy atom. The second-order valence-corrected chi connectivity index (χ2v) is 7.30. The molecule has 1 spiro atoms. The van der Waals surface area contributed by atoms with Gasteiger partial charge in [0, 0.05) is 12.8 Å². The van der Waals surface area contributed by atoms with Crippen LogP contribution in [0.15, 0.2) is 0 Å². The summed E-state index contributed by atoms with van der Waals surface area (Å²) in [5.41, 5.74) is 0.936. The van der Waals surface area contributed by atoms with Crippen LogP contribution in [0.1, 0.15) is 66.7 Å². The minimum atomic E-state index is 0.287. The van der Waals surface area contributed by atoms with Gasteiger partial charge >= 0.3 is 0 Å². The Kier molecular flexibility index (Phi) is 2.53. The number of hydrogen-bond acceptors (Lipinski definition) is 1. The van der Waals surface area contributed by atoms with Crippen LogP contribution in [0.3, 0.4) is 0 Å². The van der Waals surface area contributed by atoms with E-state index >= 15 is 0 Å². The van der Waals surface area contributed by atoms with Crippen molar-refractivity contribution in [3.8, 4) is 0 Å². The van der Waals surface area contributed by atoms with Crippen molar-refractivity contribution in [3.63, 3.8) is 0 Å². The summed E-state index contributed by atoms with van der Waals surface area (Å²) >= 11 is 0. The quantitative estimate of drug-likeness (QED) is 0.600. The van der Waals surface area contributed by atoms with E-state index in [1.54, 1.807) is 0 Å². The third-order valence-corrected chi connectivity index (χ3v) is 6.51. The minimum Gasteiger partial charge on any atom is -0.300 e. The highest BCUT2D eigenvalue weighted by Gasteiger charge is 2.61. The Labute approximate surface area is 100.0 Å². The molecule has 92 valence electrons. The summed E-state index contributed by atoms with van der Waals surface area (Å²) in [6.45, 7) is 12.0. The third-order valence-electron chi connectivity index (χ3n) is 6.51. The maximum atomic E-state index is 11.8. The summed E-state index contributed by atoms with van der Waals surface area (Å²) in [6.07, 6.45) is 5.30. The fourth-order valence-corrected chi connectivity index (χ4v) is 4.28. The molecular weight excluding hydrogens is 196 g/mol. The Bertz CT molecular complexity index is 313. The average Bonchev–Trinajstić information content (AvgIpc) is 2.26. The predicted molar refractivity (Wildman–Crippen MR) is 67.3 cm³/mol. The molecule has 0 heterocycles. The Hall–Kier alpha value is -0.330. The van der Waals surface area contributed by atoms with Crippen LogP contribution in [0.4, 0.5) is 0 Å². The maximum Gasteiger partial charge on any atom is 0.133 e. The lowest BCUT2D eigenvalue weighted by atomic mass is 9.54. The first-order valence-corrected chi connectivity index (χ1v) is 6.75. The normalized spacial score (nSPS) is 41.6. The van der Waals surface area contributed by atoms with Gasteiger partial charge in [-0.15, -0.1) is 0 Å². The van der Waals surface area contributed by atoms with E-state index in [0.717, 1.165) is 25.2 Å². The second kappa shape index (κ2) is 3.34. The van der Waals surface area contributed by atoms with Crippen LogP contribution >= 0.6 is 0 Å². The summed E-state index contributed by atoms with van der Waals surface area (Å²) in [7, 11) is 0. The van der Waals surface area contributed by atoms with E-state index in [0.29, 0.717) is 16.6 Å². The lowest BCUT2D eigenvalue weighted by Crippen LogP contribution is -2.44. The van der Waals surface area contributed by atoms with Crippen molar-refractivity contribution in [2.24, 2.45) is 22.2 Å². The van der Waals surface area contributed by atoms with Gasteiger partial charge in [0.2, 0.25) is 0 Å². The van der Waals surface area contributed by atoms with Gasteiger partial charge in [-0.2, -0.15) is 0 Å². The Morgan fingerprint density at radius 3 is 2.25 bits per heavy atom. The van der Waals surface area contributed by atoms with Gasteiger partial charge in [0.05, 0.1) is 0 Å². The molecule has 0 bridgehead atoms. The van der Waals surface area contributed by atoms with Gasteiger partial charge in [-0.1, -0.05) is 34.6 Å². The first-order chi connectivity index (χ1) is 7.23. The summed E-state index contributed by atoms with van der Waals surface area (Å²) in [5.74, 6) is 1.23. The Morgan fingerprint density at radius 1 is 1.19 bits per heavy atom. The molecule has 0 aromatic heterocycles. The first-order valence-electron chi connectivity index (χ1n) is 6.75. The number of rotatable bonds is 0. The van der Waals surface area contributed by atoms with Crippen molar-refractivity contribution in [1.29, 1.82) is 0 Å². The molecule has 0 radical (unpaired) electrons. The van der Waals surface area contributed by atoms with E-state index in [9.17, 15) is 4.79 Å². The van der Waals surface area contributed by atoms with Gasteiger partial charge in [-0.25, -0.2) is 0 Å². The number of carbonyl (C=O) groups is 1. The standard InChI is InChI=1S/C15H26O/c1-11-9-15(8-6-7-12(16)10-15)14(4,5)13(11,2)3/h11H,6-10H2,1-5H3. The first kappa shape index (κ1) is 12.1. The van der Waals surface area contributed by atoms with E-state index in [-0.39, 0.29) is 5.41 Å². The van der Waals surface area contributed by atoms with Crippen molar-refractivity contribution in [3.05, 3.63) is 0 Å². The average molecular weight is 222 g/mol. The molecule has 0 aromatic rings. The van der Waals surface area contributed by atoms with Gasteiger partial charge in [-0.3, -0.25) is 4.79 Å². The Balaban J connectivity index is 2.39.